The first-order valence-electron chi connectivity index (χ1n) is 6.58. The molecule has 1 aliphatic carbocycles. The van der Waals surface area contributed by atoms with Crippen molar-refractivity contribution >= 4 is 0 Å². The average molecular weight is 227 g/mol. The van der Waals surface area contributed by atoms with Gasteiger partial charge < -0.3 is 10.1 Å². The molecule has 1 fully saturated rings. The Bertz CT molecular complexity index is 223. The van der Waals surface area contributed by atoms with Gasteiger partial charge in [0.05, 0.1) is 5.60 Å². The van der Waals surface area contributed by atoms with E-state index >= 15 is 0 Å². The fourth-order valence-corrected chi connectivity index (χ4v) is 2.86. The molecule has 1 N–H and O–H groups in total. The predicted octanol–water partition coefficient (Wildman–Crippen LogP) is 3.36. The summed E-state index contributed by atoms with van der Waals surface area (Å²) in [4.78, 5) is 0. The largest absolute Gasteiger partial charge is 0.379 e. The first-order chi connectivity index (χ1) is 7.27. The van der Waals surface area contributed by atoms with E-state index in [0.29, 0.717) is 17.5 Å². The highest BCUT2D eigenvalue weighted by Gasteiger charge is 2.35. The number of ether oxygens (including phenoxy) is 1. The Kier molecular flexibility index (Phi) is 4.42. The maximum absolute atomic E-state index is 5.48. The van der Waals surface area contributed by atoms with Crippen LogP contribution < -0.4 is 5.32 Å². The van der Waals surface area contributed by atoms with Gasteiger partial charge >= 0.3 is 0 Å². The van der Waals surface area contributed by atoms with Gasteiger partial charge in [-0.1, -0.05) is 20.3 Å². The molecule has 96 valence electrons. The average Bonchev–Trinajstić information content (AvgIpc) is 2.45. The van der Waals surface area contributed by atoms with Gasteiger partial charge in [-0.15, -0.1) is 0 Å². The summed E-state index contributed by atoms with van der Waals surface area (Å²) in [6.07, 6.45) is 5.11. The van der Waals surface area contributed by atoms with Crippen LogP contribution in [0.4, 0.5) is 0 Å². The lowest BCUT2D eigenvalue weighted by atomic mass is 9.86. The van der Waals surface area contributed by atoms with Crippen LogP contribution in [0.5, 0.6) is 0 Å². The molecule has 0 spiro atoms. The van der Waals surface area contributed by atoms with E-state index in [-0.39, 0.29) is 5.60 Å². The van der Waals surface area contributed by atoms with E-state index in [4.69, 9.17) is 4.74 Å². The van der Waals surface area contributed by atoms with Crippen molar-refractivity contribution in [3.05, 3.63) is 0 Å². The van der Waals surface area contributed by atoms with Gasteiger partial charge in [-0.2, -0.15) is 0 Å². The Hall–Kier alpha value is -0.0800. The molecule has 0 radical (unpaired) electrons. The third kappa shape index (κ3) is 3.74. The Labute approximate surface area is 101 Å². The molecule has 1 saturated carbocycles. The van der Waals surface area contributed by atoms with Gasteiger partial charge in [0, 0.05) is 19.2 Å². The molecule has 1 aliphatic rings. The Morgan fingerprint density at radius 2 is 2.06 bits per heavy atom. The smallest absolute Gasteiger partial charge is 0.0637 e. The highest BCUT2D eigenvalue weighted by atomic mass is 16.5. The molecule has 16 heavy (non-hydrogen) atoms. The van der Waals surface area contributed by atoms with Gasteiger partial charge in [-0.25, -0.2) is 0 Å². The fourth-order valence-electron chi connectivity index (χ4n) is 2.86. The zero-order chi connectivity index (χ0) is 12.4. The normalized spacial score (nSPS) is 27.0. The van der Waals surface area contributed by atoms with Crippen LogP contribution >= 0.6 is 0 Å². The summed E-state index contributed by atoms with van der Waals surface area (Å²) < 4.78 is 5.48. The lowest BCUT2D eigenvalue weighted by Crippen LogP contribution is -2.45. The quantitative estimate of drug-likeness (QED) is 0.777. The zero-order valence-corrected chi connectivity index (χ0v) is 11.9. The first kappa shape index (κ1) is 14.0. The zero-order valence-electron chi connectivity index (χ0n) is 11.9. The molecule has 2 unspecified atom stereocenters. The van der Waals surface area contributed by atoms with E-state index in [1.54, 1.807) is 7.11 Å². The van der Waals surface area contributed by atoms with Crippen molar-refractivity contribution in [1.82, 2.24) is 5.32 Å². The van der Waals surface area contributed by atoms with Crippen molar-refractivity contribution < 1.29 is 4.74 Å². The SMILES string of the molecule is COC(C)(C)CC(C)NC1CCCC1(C)C. The number of methoxy groups -OCH3 is 1. The second-order valence-electron chi connectivity index (χ2n) is 6.67. The van der Waals surface area contributed by atoms with Gasteiger partial charge in [0.15, 0.2) is 0 Å². The number of nitrogens with one attached hydrogen (secondary N) is 1. The van der Waals surface area contributed by atoms with Crippen molar-refractivity contribution in [2.75, 3.05) is 7.11 Å². The van der Waals surface area contributed by atoms with Crippen molar-refractivity contribution in [3.8, 4) is 0 Å². The molecular formula is C14H29NO. The van der Waals surface area contributed by atoms with Crippen LogP contribution in [0.1, 0.15) is 60.3 Å². The third-order valence-electron chi connectivity index (χ3n) is 4.09. The minimum Gasteiger partial charge on any atom is -0.379 e. The molecule has 0 amide bonds. The van der Waals surface area contributed by atoms with E-state index in [1.807, 2.05) is 0 Å². The van der Waals surface area contributed by atoms with Crippen LogP contribution in [0.25, 0.3) is 0 Å². The van der Waals surface area contributed by atoms with Crippen molar-refractivity contribution in [1.29, 1.82) is 0 Å². The summed E-state index contributed by atoms with van der Waals surface area (Å²) in [5, 5.41) is 3.78. The maximum atomic E-state index is 5.48. The van der Waals surface area contributed by atoms with E-state index < -0.39 is 0 Å². The van der Waals surface area contributed by atoms with Crippen LogP contribution in [0.3, 0.4) is 0 Å². The van der Waals surface area contributed by atoms with Gasteiger partial charge in [0.1, 0.15) is 0 Å². The van der Waals surface area contributed by atoms with E-state index in [9.17, 15) is 0 Å². The Balaban J connectivity index is 2.43. The van der Waals surface area contributed by atoms with E-state index in [1.165, 1.54) is 19.3 Å². The van der Waals surface area contributed by atoms with E-state index in [2.05, 4.69) is 39.9 Å². The van der Waals surface area contributed by atoms with E-state index in [0.717, 1.165) is 6.42 Å². The number of hydrogen-bond acceptors (Lipinski definition) is 2. The van der Waals surface area contributed by atoms with Gasteiger partial charge in [0.25, 0.3) is 0 Å². The summed E-state index contributed by atoms with van der Waals surface area (Å²) in [5.41, 5.74) is 0.445. The molecule has 1 rings (SSSR count). The molecule has 2 nitrogen and oxygen atoms in total. The monoisotopic (exact) mass is 227 g/mol. The summed E-state index contributed by atoms with van der Waals surface area (Å²) >= 11 is 0. The Morgan fingerprint density at radius 3 is 2.50 bits per heavy atom. The second kappa shape index (κ2) is 5.05. The molecule has 2 heteroatoms. The van der Waals surface area contributed by atoms with Crippen LogP contribution in [0.15, 0.2) is 0 Å². The molecule has 0 heterocycles. The molecule has 0 aromatic carbocycles. The minimum absolute atomic E-state index is 0.0187. The molecule has 2 atom stereocenters. The van der Waals surface area contributed by atoms with Crippen LogP contribution in [0, 0.1) is 5.41 Å². The lowest BCUT2D eigenvalue weighted by Gasteiger charge is -2.34. The highest BCUT2D eigenvalue weighted by Crippen LogP contribution is 2.37. The highest BCUT2D eigenvalue weighted by molar-refractivity contribution is 4.92. The Morgan fingerprint density at radius 1 is 1.44 bits per heavy atom. The second-order valence-corrected chi connectivity index (χ2v) is 6.67. The fraction of sp³-hybridized carbons (Fsp3) is 1.00. The van der Waals surface area contributed by atoms with Gasteiger partial charge in [-0.05, 0) is 45.4 Å². The minimum atomic E-state index is -0.0187. The number of hydrogen-bond donors (Lipinski definition) is 1. The molecule has 0 aromatic rings. The van der Waals surface area contributed by atoms with Crippen LogP contribution in [-0.4, -0.2) is 24.8 Å². The van der Waals surface area contributed by atoms with Crippen LogP contribution in [-0.2, 0) is 4.74 Å². The van der Waals surface area contributed by atoms with Gasteiger partial charge in [0.2, 0.25) is 0 Å². The van der Waals surface area contributed by atoms with Crippen molar-refractivity contribution in [2.24, 2.45) is 5.41 Å². The third-order valence-corrected chi connectivity index (χ3v) is 4.09. The summed E-state index contributed by atoms with van der Waals surface area (Å²) in [6, 6.07) is 1.20. The first-order valence-corrected chi connectivity index (χ1v) is 6.58. The summed E-state index contributed by atoms with van der Waals surface area (Å²) in [6.45, 7) is 11.4. The standard InChI is InChI=1S/C14H29NO/c1-11(10-14(4,5)16-6)15-12-8-7-9-13(12,2)3/h11-12,15H,7-10H2,1-6H3. The molecular weight excluding hydrogens is 198 g/mol. The predicted molar refractivity (Wildman–Crippen MR) is 69.7 cm³/mol. The van der Waals surface area contributed by atoms with Crippen molar-refractivity contribution in [3.63, 3.8) is 0 Å². The molecule has 0 aliphatic heterocycles. The number of rotatable bonds is 5. The lowest BCUT2D eigenvalue weighted by molar-refractivity contribution is 0.00657. The maximum Gasteiger partial charge on any atom is 0.0637 e. The van der Waals surface area contributed by atoms with Crippen molar-refractivity contribution in [2.45, 2.75) is 78.0 Å². The molecule has 0 aromatic heterocycles. The topological polar surface area (TPSA) is 21.3 Å². The summed E-state index contributed by atoms with van der Waals surface area (Å²) in [7, 11) is 1.80. The summed E-state index contributed by atoms with van der Waals surface area (Å²) in [5.74, 6) is 0. The van der Waals surface area contributed by atoms with Gasteiger partial charge in [-0.3, -0.25) is 0 Å². The molecule has 0 bridgehead atoms. The molecule has 0 saturated heterocycles. The van der Waals surface area contributed by atoms with Crippen LogP contribution in [0.2, 0.25) is 0 Å².